The average Bonchev–Trinajstić information content (AvgIpc) is 2.47. The van der Waals surface area contributed by atoms with Gasteiger partial charge in [0.05, 0.1) is 16.0 Å². The molecule has 0 aliphatic heterocycles. The molecule has 1 atom stereocenters. The van der Waals surface area contributed by atoms with E-state index >= 15 is 0 Å². The molecule has 0 radical (unpaired) electrons. The highest BCUT2D eigenvalue weighted by atomic mass is 35.5. The molecule has 0 saturated carbocycles. The van der Waals surface area contributed by atoms with Crippen molar-refractivity contribution in [3.05, 3.63) is 69.7 Å². The predicted molar refractivity (Wildman–Crippen MR) is 83.8 cm³/mol. The first-order chi connectivity index (χ1) is 9.58. The third-order valence-electron chi connectivity index (χ3n) is 2.78. The first-order valence-corrected chi connectivity index (χ1v) is 7.19. The van der Waals surface area contributed by atoms with Gasteiger partial charge in [-0.25, -0.2) is 0 Å². The maximum absolute atomic E-state index is 12.0. The number of nitrogens with one attached hydrogen (secondary N) is 1. The van der Waals surface area contributed by atoms with Crippen molar-refractivity contribution in [1.82, 2.24) is 5.32 Å². The predicted octanol–water partition coefficient (Wildman–Crippen LogP) is 4.70. The lowest BCUT2D eigenvalue weighted by atomic mass is 10.1. The Labute approximate surface area is 132 Å². The Kier molecular flexibility index (Phi) is 5.30. The molecular weight excluding hydrogens is 317 g/mol. The van der Waals surface area contributed by atoms with Crippen LogP contribution >= 0.6 is 34.8 Å². The Morgan fingerprint density at radius 3 is 2.50 bits per heavy atom. The SMILES string of the molecule is O=C(NCC(Cl)c1ccccc1)c1cc(Cl)ccc1Cl. The molecule has 104 valence electrons. The minimum absolute atomic E-state index is 0.293. The Bertz CT molecular complexity index is 601. The number of hydrogen-bond acceptors (Lipinski definition) is 1. The summed E-state index contributed by atoms with van der Waals surface area (Å²) in [7, 11) is 0. The molecule has 1 unspecified atom stereocenters. The van der Waals surface area contributed by atoms with Gasteiger partial charge < -0.3 is 5.32 Å². The lowest BCUT2D eigenvalue weighted by Gasteiger charge is -2.12. The van der Waals surface area contributed by atoms with Gasteiger partial charge >= 0.3 is 0 Å². The van der Waals surface area contributed by atoms with Gasteiger partial charge in [0, 0.05) is 11.6 Å². The van der Waals surface area contributed by atoms with Gasteiger partial charge in [-0.15, -0.1) is 11.6 Å². The second-order valence-electron chi connectivity index (χ2n) is 4.21. The molecule has 0 saturated heterocycles. The Morgan fingerprint density at radius 2 is 1.80 bits per heavy atom. The van der Waals surface area contributed by atoms with Gasteiger partial charge in [0.2, 0.25) is 0 Å². The summed E-state index contributed by atoms with van der Waals surface area (Å²) in [5.74, 6) is -0.293. The molecule has 20 heavy (non-hydrogen) atoms. The molecular formula is C15H12Cl3NO. The summed E-state index contributed by atoms with van der Waals surface area (Å²) in [4.78, 5) is 12.0. The number of carbonyl (C=O) groups excluding carboxylic acids is 1. The van der Waals surface area contributed by atoms with Gasteiger partial charge in [-0.1, -0.05) is 53.5 Å². The molecule has 0 spiro atoms. The van der Waals surface area contributed by atoms with E-state index in [1.807, 2.05) is 30.3 Å². The lowest BCUT2D eigenvalue weighted by molar-refractivity contribution is 0.0953. The number of carbonyl (C=O) groups is 1. The fourth-order valence-corrected chi connectivity index (χ4v) is 2.33. The summed E-state index contributed by atoms with van der Waals surface area (Å²) in [5.41, 5.74) is 1.29. The first-order valence-electron chi connectivity index (χ1n) is 6.00. The van der Waals surface area contributed by atoms with Crippen LogP contribution in [0.15, 0.2) is 48.5 Å². The summed E-state index contributed by atoms with van der Waals surface area (Å²) in [6.45, 7) is 0.313. The van der Waals surface area contributed by atoms with Gasteiger partial charge in [0.25, 0.3) is 5.91 Å². The summed E-state index contributed by atoms with van der Waals surface area (Å²) < 4.78 is 0. The zero-order valence-electron chi connectivity index (χ0n) is 10.4. The second-order valence-corrected chi connectivity index (χ2v) is 5.58. The molecule has 2 nitrogen and oxygen atoms in total. The van der Waals surface area contributed by atoms with Crippen LogP contribution in [0.5, 0.6) is 0 Å². The maximum atomic E-state index is 12.0. The highest BCUT2D eigenvalue weighted by molar-refractivity contribution is 6.35. The van der Waals surface area contributed by atoms with Crippen molar-refractivity contribution in [3.63, 3.8) is 0 Å². The van der Waals surface area contributed by atoms with E-state index in [-0.39, 0.29) is 11.3 Å². The van der Waals surface area contributed by atoms with Crippen molar-refractivity contribution in [2.75, 3.05) is 6.54 Å². The smallest absolute Gasteiger partial charge is 0.252 e. The monoisotopic (exact) mass is 327 g/mol. The van der Waals surface area contributed by atoms with Crippen LogP contribution in [-0.2, 0) is 0 Å². The molecule has 2 rings (SSSR count). The molecule has 0 fully saturated rings. The van der Waals surface area contributed by atoms with Gasteiger partial charge in [-0.2, -0.15) is 0 Å². The van der Waals surface area contributed by atoms with Gasteiger partial charge in [-0.3, -0.25) is 4.79 Å². The lowest BCUT2D eigenvalue weighted by Crippen LogP contribution is -2.27. The molecule has 5 heteroatoms. The van der Waals surface area contributed by atoms with Gasteiger partial charge in [-0.05, 0) is 23.8 Å². The molecule has 0 heterocycles. The number of halogens is 3. The topological polar surface area (TPSA) is 29.1 Å². The molecule has 2 aromatic rings. The number of benzene rings is 2. The van der Waals surface area contributed by atoms with Gasteiger partial charge in [0.1, 0.15) is 0 Å². The fraction of sp³-hybridized carbons (Fsp3) is 0.133. The largest absolute Gasteiger partial charge is 0.350 e. The second kappa shape index (κ2) is 6.98. The van der Waals surface area contributed by atoms with Crippen LogP contribution < -0.4 is 5.32 Å². The summed E-state index contributed by atoms with van der Waals surface area (Å²) in [6.07, 6.45) is 0. The Hall–Kier alpha value is -1.22. The van der Waals surface area contributed by atoms with E-state index < -0.39 is 0 Å². The molecule has 0 bridgehead atoms. The average molecular weight is 329 g/mol. The molecule has 1 amide bonds. The first kappa shape index (κ1) is 15.2. The van der Waals surface area contributed by atoms with Crippen molar-refractivity contribution in [2.45, 2.75) is 5.38 Å². The Balaban J connectivity index is 2.00. The van der Waals surface area contributed by atoms with Crippen molar-refractivity contribution >= 4 is 40.7 Å². The van der Waals surface area contributed by atoms with Crippen LogP contribution in [0.4, 0.5) is 0 Å². The fourth-order valence-electron chi connectivity index (χ4n) is 1.73. The van der Waals surface area contributed by atoms with E-state index in [1.54, 1.807) is 12.1 Å². The Morgan fingerprint density at radius 1 is 1.10 bits per heavy atom. The highest BCUT2D eigenvalue weighted by Crippen LogP contribution is 2.22. The molecule has 0 aliphatic carbocycles. The van der Waals surface area contributed by atoms with E-state index in [9.17, 15) is 4.79 Å². The van der Waals surface area contributed by atoms with E-state index in [1.165, 1.54) is 6.07 Å². The van der Waals surface area contributed by atoms with Crippen LogP contribution in [0.25, 0.3) is 0 Å². The van der Waals surface area contributed by atoms with Crippen molar-refractivity contribution in [3.8, 4) is 0 Å². The third-order valence-corrected chi connectivity index (χ3v) is 3.75. The van der Waals surface area contributed by atoms with E-state index in [0.717, 1.165) is 5.56 Å². The number of rotatable bonds is 4. The van der Waals surface area contributed by atoms with Crippen molar-refractivity contribution in [1.29, 1.82) is 0 Å². The zero-order valence-corrected chi connectivity index (χ0v) is 12.7. The van der Waals surface area contributed by atoms with E-state index in [0.29, 0.717) is 22.2 Å². The third kappa shape index (κ3) is 3.89. The number of hydrogen-bond donors (Lipinski definition) is 1. The molecule has 1 N–H and O–H groups in total. The van der Waals surface area contributed by atoms with E-state index in [4.69, 9.17) is 34.8 Å². The highest BCUT2D eigenvalue weighted by Gasteiger charge is 2.13. The number of alkyl halides is 1. The molecule has 0 aliphatic rings. The van der Waals surface area contributed by atoms with Crippen LogP contribution in [0.2, 0.25) is 10.0 Å². The van der Waals surface area contributed by atoms with Crippen molar-refractivity contribution in [2.24, 2.45) is 0 Å². The normalized spacial score (nSPS) is 11.9. The quantitative estimate of drug-likeness (QED) is 0.810. The summed E-state index contributed by atoms with van der Waals surface area (Å²) in [6, 6.07) is 14.3. The van der Waals surface area contributed by atoms with Gasteiger partial charge in [0.15, 0.2) is 0 Å². The zero-order chi connectivity index (χ0) is 14.5. The van der Waals surface area contributed by atoms with Crippen molar-refractivity contribution < 1.29 is 4.79 Å². The molecule has 2 aromatic carbocycles. The minimum atomic E-state index is -0.293. The standard InChI is InChI=1S/C15H12Cl3NO/c16-11-6-7-13(17)12(8-11)15(20)19-9-14(18)10-4-2-1-3-5-10/h1-8,14H,9H2,(H,19,20). The number of amides is 1. The van der Waals surface area contributed by atoms with E-state index in [2.05, 4.69) is 5.32 Å². The van der Waals surface area contributed by atoms with Crippen LogP contribution in [0.3, 0.4) is 0 Å². The minimum Gasteiger partial charge on any atom is -0.350 e. The molecule has 0 aromatic heterocycles. The van der Waals surface area contributed by atoms with Crippen LogP contribution in [0, 0.1) is 0 Å². The van der Waals surface area contributed by atoms with Crippen LogP contribution in [0.1, 0.15) is 21.3 Å². The summed E-state index contributed by atoms with van der Waals surface area (Å²) in [5, 5.41) is 3.28. The maximum Gasteiger partial charge on any atom is 0.252 e. The summed E-state index contributed by atoms with van der Waals surface area (Å²) >= 11 is 18.1. The van der Waals surface area contributed by atoms with Crippen LogP contribution in [-0.4, -0.2) is 12.5 Å².